The molecule has 0 saturated carbocycles. The molecule has 0 aliphatic carbocycles. The van der Waals surface area contributed by atoms with Crippen molar-refractivity contribution in [2.45, 2.75) is 13.0 Å². The van der Waals surface area contributed by atoms with E-state index >= 15 is 0 Å². The maximum absolute atomic E-state index is 11.4. The smallest absolute Gasteiger partial charge is 0.344 e. The van der Waals surface area contributed by atoms with E-state index in [9.17, 15) is 9.59 Å². The summed E-state index contributed by atoms with van der Waals surface area (Å²) < 4.78 is 10.2. The zero-order valence-corrected chi connectivity index (χ0v) is 10.3. The van der Waals surface area contributed by atoms with Crippen molar-refractivity contribution in [3.63, 3.8) is 0 Å². The van der Waals surface area contributed by atoms with Crippen molar-refractivity contribution >= 4 is 11.9 Å². The molecule has 1 heterocycles. The van der Waals surface area contributed by atoms with Gasteiger partial charge in [0, 0.05) is 13.1 Å². The molecule has 1 atom stereocenters. The highest BCUT2D eigenvalue weighted by atomic mass is 16.5. The molecule has 2 N–H and O–H groups in total. The van der Waals surface area contributed by atoms with Crippen LogP contribution in [0.1, 0.15) is 17.4 Å². The van der Waals surface area contributed by atoms with Crippen LogP contribution >= 0.6 is 0 Å². The summed E-state index contributed by atoms with van der Waals surface area (Å²) in [5.41, 5.74) is 0.157. The Bertz CT molecular complexity index is 461. The molecule has 0 fully saturated rings. The van der Waals surface area contributed by atoms with E-state index in [-0.39, 0.29) is 23.1 Å². The quantitative estimate of drug-likeness (QED) is 0.784. The molecule has 0 bridgehead atoms. The molecule has 0 radical (unpaired) electrons. The number of amides is 1. The fraction of sp³-hybridized carbons (Fsp3) is 0.364. The molecule has 0 aliphatic heterocycles. The van der Waals surface area contributed by atoms with Crippen molar-refractivity contribution in [2.24, 2.45) is 0 Å². The minimum atomic E-state index is -1.10. The molecule has 0 aliphatic rings. The van der Waals surface area contributed by atoms with Crippen LogP contribution in [0.15, 0.2) is 12.3 Å². The molecule has 0 aromatic carbocycles. The lowest BCUT2D eigenvalue weighted by Gasteiger charge is -2.13. The van der Waals surface area contributed by atoms with Gasteiger partial charge in [0.2, 0.25) is 0 Å². The third-order valence-corrected chi connectivity index (χ3v) is 2.16. The first-order valence-electron chi connectivity index (χ1n) is 5.15. The molecule has 0 saturated heterocycles. The van der Waals surface area contributed by atoms with E-state index in [0.29, 0.717) is 0 Å². The van der Waals surface area contributed by atoms with E-state index < -0.39 is 12.1 Å². The number of carboxylic acids is 1. The van der Waals surface area contributed by atoms with Gasteiger partial charge in [-0.05, 0) is 6.92 Å². The minimum Gasteiger partial charge on any atom is -0.493 e. The highest BCUT2D eigenvalue weighted by molar-refractivity contribution is 5.92. The van der Waals surface area contributed by atoms with E-state index in [1.165, 1.54) is 33.3 Å². The van der Waals surface area contributed by atoms with Gasteiger partial charge in [-0.2, -0.15) is 0 Å². The van der Waals surface area contributed by atoms with Crippen molar-refractivity contribution in [1.82, 2.24) is 10.3 Å². The van der Waals surface area contributed by atoms with E-state index in [0.717, 1.165) is 0 Å². The van der Waals surface area contributed by atoms with Gasteiger partial charge in [0.15, 0.2) is 17.6 Å². The van der Waals surface area contributed by atoms with Crippen molar-refractivity contribution in [2.75, 3.05) is 14.2 Å². The van der Waals surface area contributed by atoms with Crippen LogP contribution in [0.25, 0.3) is 0 Å². The Balaban J connectivity index is 3.00. The molecule has 7 heteroatoms. The number of rotatable bonds is 5. The van der Waals surface area contributed by atoms with Gasteiger partial charge in [-0.15, -0.1) is 0 Å². The first-order valence-corrected chi connectivity index (χ1v) is 5.15. The van der Waals surface area contributed by atoms with Gasteiger partial charge in [-0.25, -0.2) is 9.78 Å². The standard InChI is InChI=1S/C11H14N2O5/c1-6(11(15)16)18-9-5-13-7(10(14)12-2)4-8(9)17-3/h4-6H,1-3H3,(H,12,14)(H,15,16)/t6-/m0/s1. The Morgan fingerprint density at radius 3 is 2.61 bits per heavy atom. The van der Waals surface area contributed by atoms with E-state index in [1.807, 2.05) is 0 Å². The number of hydrogen-bond donors (Lipinski definition) is 2. The largest absolute Gasteiger partial charge is 0.493 e. The molecule has 0 spiro atoms. The average Bonchev–Trinajstić information content (AvgIpc) is 2.37. The third-order valence-electron chi connectivity index (χ3n) is 2.16. The fourth-order valence-corrected chi connectivity index (χ4v) is 1.17. The summed E-state index contributed by atoms with van der Waals surface area (Å²) in [5.74, 6) is -1.06. The number of pyridine rings is 1. The van der Waals surface area contributed by atoms with Crippen LogP contribution in [0, 0.1) is 0 Å². The molecule has 18 heavy (non-hydrogen) atoms. The minimum absolute atomic E-state index is 0.157. The molecular weight excluding hydrogens is 240 g/mol. The van der Waals surface area contributed by atoms with Crippen LogP contribution in [0.3, 0.4) is 0 Å². The Morgan fingerprint density at radius 1 is 1.44 bits per heavy atom. The molecular formula is C11H14N2O5. The van der Waals surface area contributed by atoms with Crippen molar-refractivity contribution in [3.8, 4) is 11.5 Å². The zero-order chi connectivity index (χ0) is 13.7. The lowest BCUT2D eigenvalue weighted by molar-refractivity contribution is -0.144. The van der Waals surface area contributed by atoms with Crippen molar-refractivity contribution in [1.29, 1.82) is 0 Å². The summed E-state index contributed by atoms with van der Waals surface area (Å²) in [6.45, 7) is 1.38. The van der Waals surface area contributed by atoms with Crippen LogP contribution in [0.4, 0.5) is 0 Å². The van der Waals surface area contributed by atoms with Crippen LogP contribution in [-0.2, 0) is 4.79 Å². The zero-order valence-electron chi connectivity index (χ0n) is 10.3. The summed E-state index contributed by atoms with van der Waals surface area (Å²) >= 11 is 0. The number of hydrogen-bond acceptors (Lipinski definition) is 5. The van der Waals surface area contributed by atoms with Crippen molar-refractivity contribution < 1.29 is 24.2 Å². The van der Waals surface area contributed by atoms with Gasteiger partial charge in [-0.1, -0.05) is 0 Å². The number of nitrogens with zero attached hydrogens (tertiary/aromatic N) is 1. The monoisotopic (exact) mass is 254 g/mol. The summed E-state index contributed by atoms with van der Waals surface area (Å²) in [6.07, 6.45) is 0.217. The molecule has 1 aromatic rings. The lowest BCUT2D eigenvalue weighted by atomic mass is 10.3. The van der Waals surface area contributed by atoms with Gasteiger partial charge in [0.25, 0.3) is 5.91 Å². The first kappa shape index (κ1) is 13.8. The number of carbonyl (C=O) groups is 2. The number of methoxy groups -OCH3 is 1. The van der Waals surface area contributed by atoms with Gasteiger partial charge in [-0.3, -0.25) is 4.79 Å². The SMILES string of the molecule is CNC(=O)c1cc(OC)c(O[C@@H](C)C(=O)O)cn1. The Morgan fingerprint density at radius 2 is 2.11 bits per heavy atom. The Labute approximate surface area is 104 Å². The molecule has 0 unspecified atom stereocenters. The highest BCUT2D eigenvalue weighted by Gasteiger charge is 2.17. The number of aliphatic carboxylic acids is 1. The Hall–Kier alpha value is -2.31. The van der Waals surface area contributed by atoms with Crippen molar-refractivity contribution in [3.05, 3.63) is 18.0 Å². The van der Waals surface area contributed by atoms with Crippen LogP contribution < -0.4 is 14.8 Å². The molecule has 1 amide bonds. The van der Waals surface area contributed by atoms with E-state index in [4.69, 9.17) is 14.6 Å². The topological polar surface area (TPSA) is 97.8 Å². The van der Waals surface area contributed by atoms with E-state index in [1.54, 1.807) is 0 Å². The predicted octanol–water partition coefficient (Wildman–Crippen LogP) is 0.302. The normalized spacial score (nSPS) is 11.5. The second-order valence-electron chi connectivity index (χ2n) is 3.40. The summed E-state index contributed by atoms with van der Waals surface area (Å²) in [6, 6.07) is 1.38. The van der Waals surface area contributed by atoms with Gasteiger partial charge in [0.05, 0.1) is 13.3 Å². The van der Waals surface area contributed by atoms with Gasteiger partial charge >= 0.3 is 5.97 Å². The maximum atomic E-state index is 11.4. The van der Waals surface area contributed by atoms with Crippen LogP contribution in [-0.4, -0.2) is 42.2 Å². The highest BCUT2D eigenvalue weighted by Crippen LogP contribution is 2.27. The van der Waals surface area contributed by atoms with E-state index in [2.05, 4.69) is 10.3 Å². The second-order valence-corrected chi connectivity index (χ2v) is 3.40. The molecule has 1 aromatic heterocycles. The van der Waals surface area contributed by atoms with Crippen LogP contribution in [0.5, 0.6) is 11.5 Å². The van der Waals surface area contributed by atoms with Crippen LogP contribution in [0.2, 0.25) is 0 Å². The number of aromatic nitrogens is 1. The molecule has 7 nitrogen and oxygen atoms in total. The number of nitrogens with one attached hydrogen (secondary N) is 1. The predicted molar refractivity (Wildman–Crippen MR) is 61.9 cm³/mol. The average molecular weight is 254 g/mol. The van der Waals surface area contributed by atoms with Gasteiger partial charge < -0.3 is 19.9 Å². The molecule has 98 valence electrons. The first-order chi connectivity index (χ1) is 8.49. The maximum Gasteiger partial charge on any atom is 0.344 e. The Kier molecular flexibility index (Phi) is 4.47. The summed E-state index contributed by atoms with van der Waals surface area (Å²) in [4.78, 5) is 25.9. The third kappa shape index (κ3) is 3.09. The summed E-state index contributed by atoms with van der Waals surface area (Å²) in [5, 5.41) is 11.2. The number of carboxylic acid groups (broad SMARTS) is 1. The lowest BCUT2D eigenvalue weighted by Crippen LogP contribution is -2.23. The van der Waals surface area contributed by atoms with Gasteiger partial charge in [0.1, 0.15) is 5.69 Å². The molecule has 1 rings (SSSR count). The second kappa shape index (κ2) is 5.85. The fourth-order valence-electron chi connectivity index (χ4n) is 1.17. The number of carbonyl (C=O) groups excluding carboxylic acids is 1. The number of ether oxygens (including phenoxy) is 2. The summed E-state index contributed by atoms with van der Waals surface area (Å²) in [7, 11) is 2.87.